The van der Waals surface area contributed by atoms with Crippen LogP contribution in [0, 0.1) is 0 Å². The molecule has 19 heteroatoms. The number of hydrogen-bond donors (Lipinski definition) is 12. The van der Waals surface area contributed by atoms with E-state index in [0.29, 0.717) is 12.8 Å². The van der Waals surface area contributed by atoms with Crippen LogP contribution < -0.4 is 5.32 Å². The molecule has 61 heavy (non-hydrogen) atoms. The van der Waals surface area contributed by atoms with Crippen molar-refractivity contribution in [2.75, 3.05) is 26.4 Å². The van der Waals surface area contributed by atoms with Crippen molar-refractivity contribution in [3.05, 3.63) is 24.3 Å². The molecule has 3 fully saturated rings. The van der Waals surface area contributed by atoms with Gasteiger partial charge in [-0.15, -0.1) is 0 Å². The van der Waals surface area contributed by atoms with Crippen molar-refractivity contribution in [2.24, 2.45) is 0 Å². The van der Waals surface area contributed by atoms with Gasteiger partial charge in [0.2, 0.25) is 5.91 Å². The van der Waals surface area contributed by atoms with E-state index < -0.39 is 124 Å². The highest BCUT2D eigenvalue weighted by molar-refractivity contribution is 5.76. The van der Waals surface area contributed by atoms with Crippen molar-refractivity contribution in [1.29, 1.82) is 0 Å². The van der Waals surface area contributed by atoms with Gasteiger partial charge in [-0.25, -0.2) is 0 Å². The summed E-state index contributed by atoms with van der Waals surface area (Å²) in [5, 5.41) is 118. The fourth-order valence-corrected chi connectivity index (χ4v) is 7.48. The van der Waals surface area contributed by atoms with Crippen LogP contribution in [-0.4, -0.2) is 193 Å². The average molecular weight is 882 g/mol. The van der Waals surface area contributed by atoms with Gasteiger partial charge in [-0.1, -0.05) is 89.5 Å². The summed E-state index contributed by atoms with van der Waals surface area (Å²) in [5.74, 6) is -0.343. The van der Waals surface area contributed by atoms with E-state index in [2.05, 4.69) is 24.4 Å². The number of carbonyl (C=O) groups is 1. The Labute approximate surface area is 358 Å². The molecule has 0 aliphatic carbocycles. The number of aliphatic hydroxyl groups excluding tert-OH is 11. The SMILES string of the molecule is CCCCCCCCCCC/C=C/CC/C=C/C(O)C(COC1OC(CO)C(OC2OC(CO)C(OC3OC(CO)C(O)C(O)C3O)C(O)C2O)C(O)C1O)NC(=O)CCC. The lowest BCUT2D eigenvalue weighted by atomic mass is 9.96. The van der Waals surface area contributed by atoms with E-state index in [1.54, 1.807) is 12.2 Å². The molecule has 1 amide bonds. The molecule has 12 N–H and O–H groups in total. The zero-order valence-electron chi connectivity index (χ0n) is 35.6. The summed E-state index contributed by atoms with van der Waals surface area (Å²) in [6.07, 6.45) is -4.50. The standard InChI is InChI=1S/C42H75NO18/c1-3-5-6-7-8-9-10-11-12-13-14-15-16-17-18-20-26(47)25(43-30(48)19-4-2)24-56-40-36(54)33(51)38(28(22-45)58-40)61-42-37(55)34(52)39(29(23-46)59-42)60-41-35(53)32(50)31(49)27(21-44)57-41/h14-15,18,20,25-29,31-42,44-47,49-55H,3-13,16-17,19,21-24H2,1-2H3,(H,43,48)/b15-14+,20-18+. The number of carbonyl (C=O) groups excluding carboxylic acids is 1. The lowest BCUT2D eigenvalue weighted by Crippen LogP contribution is -2.66. The molecule has 0 spiro atoms. The predicted octanol–water partition coefficient (Wildman–Crippen LogP) is -1.09. The van der Waals surface area contributed by atoms with Gasteiger partial charge in [0.1, 0.15) is 73.2 Å². The minimum Gasteiger partial charge on any atom is -0.394 e. The topological polar surface area (TPSA) is 307 Å². The van der Waals surface area contributed by atoms with Gasteiger partial charge in [0, 0.05) is 6.42 Å². The highest BCUT2D eigenvalue weighted by Crippen LogP contribution is 2.33. The van der Waals surface area contributed by atoms with E-state index in [1.165, 1.54) is 51.4 Å². The first-order chi connectivity index (χ1) is 29.3. The lowest BCUT2D eigenvalue weighted by Gasteiger charge is -2.48. The second kappa shape index (κ2) is 28.9. The number of nitrogens with one attached hydrogen (secondary N) is 1. The molecule has 3 rings (SSSR count). The molecule has 356 valence electrons. The van der Waals surface area contributed by atoms with Crippen LogP contribution in [-0.2, 0) is 33.2 Å². The van der Waals surface area contributed by atoms with Gasteiger partial charge in [-0.05, 0) is 32.1 Å². The van der Waals surface area contributed by atoms with Gasteiger partial charge in [0.05, 0.1) is 38.6 Å². The summed E-state index contributed by atoms with van der Waals surface area (Å²) in [6.45, 7) is 1.25. The van der Waals surface area contributed by atoms with Gasteiger partial charge in [0.25, 0.3) is 0 Å². The van der Waals surface area contributed by atoms with Crippen molar-refractivity contribution >= 4 is 5.91 Å². The van der Waals surface area contributed by atoms with Crippen LogP contribution >= 0.6 is 0 Å². The number of ether oxygens (including phenoxy) is 6. The van der Waals surface area contributed by atoms with Crippen LogP contribution in [0.1, 0.15) is 104 Å². The van der Waals surface area contributed by atoms with Crippen LogP contribution in [0.15, 0.2) is 24.3 Å². The summed E-state index contributed by atoms with van der Waals surface area (Å²) in [6, 6.07) is -0.979. The highest BCUT2D eigenvalue weighted by atomic mass is 16.8. The minimum absolute atomic E-state index is 0.186. The molecule has 3 heterocycles. The molecule has 17 unspecified atom stereocenters. The maximum Gasteiger partial charge on any atom is 0.220 e. The Kier molecular flexibility index (Phi) is 25.4. The van der Waals surface area contributed by atoms with E-state index in [9.17, 15) is 61.0 Å². The molecule has 0 radical (unpaired) electrons. The third-order valence-electron chi connectivity index (χ3n) is 11.2. The van der Waals surface area contributed by atoms with Gasteiger partial charge in [-0.3, -0.25) is 4.79 Å². The Bertz CT molecular complexity index is 1240. The van der Waals surface area contributed by atoms with Gasteiger partial charge in [-0.2, -0.15) is 0 Å². The Hall–Kier alpha value is -1.73. The number of aliphatic hydroxyl groups is 11. The molecule has 0 saturated carbocycles. The smallest absolute Gasteiger partial charge is 0.220 e. The van der Waals surface area contributed by atoms with Gasteiger partial charge < -0.3 is 89.9 Å². The quantitative estimate of drug-likeness (QED) is 0.0328. The largest absolute Gasteiger partial charge is 0.394 e. The molecule has 0 bridgehead atoms. The number of allylic oxidation sites excluding steroid dienone is 3. The van der Waals surface area contributed by atoms with Gasteiger partial charge >= 0.3 is 0 Å². The molecule has 3 aliphatic rings. The van der Waals surface area contributed by atoms with E-state index in [0.717, 1.165) is 19.3 Å². The third-order valence-corrected chi connectivity index (χ3v) is 11.2. The van der Waals surface area contributed by atoms with Crippen LogP contribution in [0.4, 0.5) is 0 Å². The van der Waals surface area contributed by atoms with Crippen LogP contribution in [0.3, 0.4) is 0 Å². The number of amides is 1. The molecule has 0 aromatic heterocycles. The first-order valence-corrected chi connectivity index (χ1v) is 22.1. The number of rotatable bonds is 28. The summed E-state index contributed by atoms with van der Waals surface area (Å²) in [5.41, 5.74) is 0. The van der Waals surface area contributed by atoms with Crippen molar-refractivity contribution in [3.63, 3.8) is 0 Å². The third kappa shape index (κ3) is 16.6. The average Bonchev–Trinajstić information content (AvgIpc) is 3.25. The van der Waals surface area contributed by atoms with E-state index in [-0.39, 0.29) is 18.9 Å². The first-order valence-electron chi connectivity index (χ1n) is 22.1. The summed E-state index contributed by atoms with van der Waals surface area (Å²) in [4.78, 5) is 12.5. The zero-order chi connectivity index (χ0) is 44.9. The molecule has 3 saturated heterocycles. The van der Waals surface area contributed by atoms with E-state index in [1.807, 2.05) is 6.92 Å². The van der Waals surface area contributed by atoms with Crippen molar-refractivity contribution in [1.82, 2.24) is 5.32 Å². The Morgan fingerprint density at radius 2 is 1.05 bits per heavy atom. The summed E-state index contributed by atoms with van der Waals surface area (Å²) >= 11 is 0. The Morgan fingerprint density at radius 1 is 0.574 bits per heavy atom. The lowest BCUT2D eigenvalue weighted by molar-refractivity contribution is -0.379. The highest BCUT2D eigenvalue weighted by Gasteiger charge is 2.53. The molecule has 3 aliphatic heterocycles. The molecular weight excluding hydrogens is 806 g/mol. The predicted molar refractivity (Wildman–Crippen MR) is 217 cm³/mol. The second-order valence-corrected chi connectivity index (χ2v) is 16.2. The normalized spacial score (nSPS) is 35.8. The number of unbranched alkanes of at least 4 members (excludes halogenated alkanes) is 10. The maximum absolute atomic E-state index is 12.5. The van der Waals surface area contributed by atoms with Gasteiger partial charge in [0.15, 0.2) is 18.9 Å². The minimum atomic E-state index is -1.97. The molecule has 0 aromatic carbocycles. The monoisotopic (exact) mass is 881 g/mol. The van der Waals surface area contributed by atoms with Crippen LogP contribution in [0.5, 0.6) is 0 Å². The second-order valence-electron chi connectivity index (χ2n) is 16.2. The summed E-state index contributed by atoms with van der Waals surface area (Å²) in [7, 11) is 0. The van der Waals surface area contributed by atoms with Crippen molar-refractivity contribution in [2.45, 2.75) is 208 Å². The molecule has 0 aromatic rings. The van der Waals surface area contributed by atoms with Crippen molar-refractivity contribution < 1.29 is 89.4 Å². The fraction of sp³-hybridized carbons (Fsp3) is 0.881. The van der Waals surface area contributed by atoms with Crippen LogP contribution in [0.25, 0.3) is 0 Å². The van der Waals surface area contributed by atoms with Crippen LogP contribution in [0.2, 0.25) is 0 Å². The Morgan fingerprint density at radius 3 is 1.61 bits per heavy atom. The van der Waals surface area contributed by atoms with Crippen molar-refractivity contribution in [3.8, 4) is 0 Å². The molecule has 17 atom stereocenters. The number of hydrogen-bond acceptors (Lipinski definition) is 18. The van der Waals surface area contributed by atoms with E-state index >= 15 is 0 Å². The molecular formula is C42H75NO18. The zero-order valence-corrected chi connectivity index (χ0v) is 35.6. The maximum atomic E-state index is 12.5. The first kappa shape index (κ1) is 53.6. The Balaban J connectivity index is 1.53. The molecule has 19 nitrogen and oxygen atoms in total. The van der Waals surface area contributed by atoms with E-state index in [4.69, 9.17) is 28.4 Å². The fourth-order valence-electron chi connectivity index (χ4n) is 7.48. The summed E-state index contributed by atoms with van der Waals surface area (Å²) < 4.78 is 33.7.